The van der Waals surface area contributed by atoms with Gasteiger partial charge in [-0.2, -0.15) is 0 Å². The third kappa shape index (κ3) is 2.35. The summed E-state index contributed by atoms with van der Waals surface area (Å²) >= 11 is 6.25. The van der Waals surface area contributed by atoms with Gasteiger partial charge in [0.25, 0.3) is 0 Å². The highest BCUT2D eigenvalue weighted by Gasteiger charge is 2.28. The maximum Gasteiger partial charge on any atom is 0.128 e. The maximum absolute atomic E-state index is 6.25. The van der Waals surface area contributed by atoms with Gasteiger partial charge in [-0.3, -0.25) is 0 Å². The van der Waals surface area contributed by atoms with Crippen LogP contribution in [0.25, 0.3) is 0 Å². The fourth-order valence-electron chi connectivity index (χ4n) is 2.54. The number of benzene rings is 2. The topological polar surface area (TPSA) is 44.5 Å². The average molecular weight is 290 g/mol. The van der Waals surface area contributed by atoms with Gasteiger partial charge < -0.3 is 15.2 Å². The Hall–Kier alpha value is -1.71. The minimum atomic E-state index is -0.127. The van der Waals surface area contributed by atoms with Gasteiger partial charge in [0.15, 0.2) is 0 Å². The molecule has 2 N–H and O–H groups in total. The largest absolute Gasteiger partial charge is 0.497 e. The number of rotatable bonds is 2. The molecule has 1 unspecified atom stereocenters. The number of hydrogen-bond donors (Lipinski definition) is 1. The monoisotopic (exact) mass is 289 g/mol. The molecule has 0 aliphatic carbocycles. The van der Waals surface area contributed by atoms with Crippen LogP contribution in [-0.2, 0) is 0 Å². The zero-order valence-electron chi connectivity index (χ0n) is 11.2. The molecule has 2 aromatic rings. The summed E-state index contributed by atoms with van der Waals surface area (Å²) in [6.45, 7) is 0. The highest BCUT2D eigenvalue weighted by atomic mass is 35.5. The van der Waals surface area contributed by atoms with E-state index >= 15 is 0 Å². The van der Waals surface area contributed by atoms with Gasteiger partial charge in [-0.05, 0) is 12.1 Å². The summed E-state index contributed by atoms with van der Waals surface area (Å²) < 4.78 is 11.3. The van der Waals surface area contributed by atoms with Crippen LogP contribution < -0.4 is 15.2 Å². The number of fused-ring (bicyclic) bond motifs is 1. The SMILES string of the molecule is COc1ccc2c(c1)OC(c1ccccc1Cl)C[C@@H]2N. The van der Waals surface area contributed by atoms with Crippen molar-refractivity contribution >= 4 is 11.6 Å². The average Bonchev–Trinajstić information content (AvgIpc) is 2.47. The molecule has 0 aromatic heterocycles. The first-order valence-electron chi connectivity index (χ1n) is 6.53. The second-order valence-corrected chi connectivity index (χ2v) is 5.28. The molecular weight excluding hydrogens is 274 g/mol. The van der Waals surface area contributed by atoms with E-state index in [0.717, 1.165) is 22.6 Å². The fraction of sp³-hybridized carbons (Fsp3) is 0.250. The molecule has 4 heteroatoms. The molecule has 0 saturated carbocycles. The minimum Gasteiger partial charge on any atom is -0.497 e. The van der Waals surface area contributed by atoms with E-state index in [2.05, 4.69) is 0 Å². The number of nitrogens with two attached hydrogens (primary N) is 1. The first-order chi connectivity index (χ1) is 9.69. The normalized spacial score (nSPS) is 20.9. The molecule has 1 aliphatic rings. The highest BCUT2D eigenvalue weighted by Crippen LogP contribution is 2.42. The molecule has 3 rings (SSSR count). The van der Waals surface area contributed by atoms with Gasteiger partial charge in [0.2, 0.25) is 0 Å². The van der Waals surface area contributed by atoms with Crippen molar-refractivity contribution in [3.8, 4) is 11.5 Å². The molecule has 0 bridgehead atoms. The van der Waals surface area contributed by atoms with Crippen molar-refractivity contribution in [2.24, 2.45) is 5.73 Å². The lowest BCUT2D eigenvalue weighted by Crippen LogP contribution is -2.24. The first-order valence-corrected chi connectivity index (χ1v) is 6.91. The van der Waals surface area contributed by atoms with Crippen LogP contribution in [0.3, 0.4) is 0 Å². The predicted octanol–water partition coefficient (Wildman–Crippen LogP) is 3.87. The van der Waals surface area contributed by atoms with Crippen molar-refractivity contribution in [1.29, 1.82) is 0 Å². The molecule has 0 saturated heterocycles. The first kappa shape index (κ1) is 13.3. The van der Waals surface area contributed by atoms with Crippen LogP contribution in [-0.4, -0.2) is 7.11 Å². The van der Waals surface area contributed by atoms with Crippen molar-refractivity contribution in [3.05, 3.63) is 58.6 Å². The Kier molecular flexibility index (Phi) is 3.55. The van der Waals surface area contributed by atoms with E-state index in [1.54, 1.807) is 7.11 Å². The maximum atomic E-state index is 6.25. The van der Waals surface area contributed by atoms with E-state index in [-0.39, 0.29) is 12.1 Å². The molecule has 0 spiro atoms. The van der Waals surface area contributed by atoms with E-state index < -0.39 is 0 Å². The van der Waals surface area contributed by atoms with Gasteiger partial charge in [-0.15, -0.1) is 0 Å². The van der Waals surface area contributed by atoms with Gasteiger partial charge in [-0.25, -0.2) is 0 Å². The summed E-state index contributed by atoms with van der Waals surface area (Å²) in [6.07, 6.45) is 0.585. The summed E-state index contributed by atoms with van der Waals surface area (Å²) in [4.78, 5) is 0. The molecule has 0 fully saturated rings. The Bertz CT molecular complexity index is 630. The molecule has 104 valence electrons. The van der Waals surface area contributed by atoms with Crippen LogP contribution >= 0.6 is 11.6 Å². The van der Waals surface area contributed by atoms with E-state index in [1.807, 2.05) is 42.5 Å². The van der Waals surface area contributed by atoms with Crippen LogP contribution in [0, 0.1) is 0 Å². The van der Waals surface area contributed by atoms with Crippen LogP contribution in [0.2, 0.25) is 5.02 Å². The van der Waals surface area contributed by atoms with Crippen LogP contribution in [0.15, 0.2) is 42.5 Å². The fourth-order valence-corrected chi connectivity index (χ4v) is 2.79. The van der Waals surface area contributed by atoms with Crippen molar-refractivity contribution in [2.45, 2.75) is 18.6 Å². The summed E-state index contributed by atoms with van der Waals surface area (Å²) in [5.41, 5.74) is 8.23. The molecular formula is C16H16ClNO2. The van der Waals surface area contributed by atoms with E-state index in [9.17, 15) is 0 Å². The van der Waals surface area contributed by atoms with Crippen LogP contribution in [0.5, 0.6) is 11.5 Å². The molecule has 1 aliphatic heterocycles. The highest BCUT2D eigenvalue weighted by molar-refractivity contribution is 6.31. The minimum absolute atomic E-state index is 0.0640. The van der Waals surface area contributed by atoms with Crippen molar-refractivity contribution in [3.63, 3.8) is 0 Å². The van der Waals surface area contributed by atoms with Crippen molar-refractivity contribution < 1.29 is 9.47 Å². The van der Waals surface area contributed by atoms with E-state index in [1.165, 1.54) is 0 Å². The second kappa shape index (κ2) is 5.35. The summed E-state index contributed by atoms with van der Waals surface area (Å²) in [6, 6.07) is 13.4. The Labute approximate surface area is 123 Å². The van der Waals surface area contributed by atoms with E-state index in [4.69, 9.17) is 26.8 Å². The van der Waals surface area contributed by atoms with E-state index in [0.29, 0.717) is 11.4 Å². The Balaban J connectivity index is 1.97. The second-order valence-electron chi connectivity index (χ2n) is 4.87. The number of hydrogen-bond acceptors (Lipinski definition) is 3. The van der Waals surface area contributed by atoms with Gasteiger partial charge >= 0.3 is 0 Å². The molecule has 0 amide bonds. The van der Waals surface area contributed by atoms with Crippen molar-refractivity contribution in [2.75, 3.05) is 7.11 Å². The molecule has 3 nitrogen and oxygen atoms in total. The summed E-state index contributed by atoms with van der Waals surface area (Å²) in [5.74, 6) is 1.53. The van der Waals surface area contributed by atoms with Crippen LogP contribution in [0.4, 0.5) is 0 Å². The number of halogens is 1. The molecule has 1 heterocycles. The van der Waals surface area contributed by atoms with Gasteiger partial charge in [-0.1, -0.05) is 35.9 Å². The predicted molar refractivity (Wildman–Crippen MR) is 79.4 cm³/mol. The standard InChI is InChI=1S/C16H16ClNO2/c1-19-10-6-7-12-14(18)9-16(20-15(12)8-10)11-4-2-3-5-13(11)17/h2-8,14,16H,9,18H2,1H3/t14-,16?/m0/s1. The lowest BCUT2D eigenvalue weighted by atomic mass is 9.93. The Morgan fingerprint density at radius 2 is 2.00 bits per heavy atom. The van der Waals surface area contributed by atoms with Gasteiger partial charge in [0.05, 0.1) is 7.11 Å². The van der Waals surface area contributed by atoms with Gasteiger partial charge in [0.1, 0.15) is 17.6 Å². The number of methoxy groups -OCH3 is 1. The van der Waals surface area contributed by atoms with Crippen molar-refractivity contribution in [1.82, 2.24) is 0 Å². The third-order valence-electron chi connectivity index (χ3n) is 3.61. The summed E-state index contributed by atoms with van der Waals surface area (Å²) in [7, 11) is 1.63. The Morgan fingerprint density at radius 3 is 2.75 bits per heavy atom. The zero-order chi connectivity index (χ0) is 14.1. The quantitative estimate of drug-likeness (QED) is 0.913. The molecule has 0 radical (unpaired) electrons. The molecule has 2 aromatic carbocycles. The van der Waals surface area contributed by atoms with Crippen LogP contribution in [0.1, 0.15) is 29.7 Å². The molecule has 2 atom stereocenters. The third-order valence-corrected chi connectivity index (χ3v) is 3.95. The number of ether oxygens (including phenoxy) is 2. The summed E-state index contributed by atoms with van der Waals surface area (Å²) in [5, 5.41) is 0.705. The van der Waals surface area contributed by atoms with Gasteiger partial charge in [0, 0.05) is 34.7 Å². The zero-order valence-corrected chi connectivity index (χ0v) is 11.9. The smallest absolute Gasteiger partial charge is 0.128 e. The Morgan fingerprint density at radius 1 is 1.20 bits per heavy atom. The molecule has 20 heavy (non-hydrogen) atoms. The lowest BCUT2D eigenvalue weighted by molar-refractivity contribution is 0.161. The lowest BCUT2D eigenvalue weighted by Gasteiger charge is -2.31.